The van der Waals surface area contributed by atoms with Gasteiger partial charge in [-0.25, -0.2) is 0 Å². The van der Waals surface area contributed by atoms with E-state index in [4.69, 9.17) is 4.74 Å². The minimum Gasteiger partial charge on any atom is -0.550 e. The lowest BCUT2D eigenvalue weighted by atomic mass is 9.92. The first-order valence-corrected chi connectivity index (χ1v) is 5.73. The minimum atomic E-state index is -0.950. The summed E-state index contributed by atoms with van der Waals surface area (Å²) in [6.07, 6.45) is 2.98. The predicted molar refractivity (Wildman–Crippen MR) is 62.3 cm³/mol. The number of fused-ring (bicyclic) bond motifs is 3. The van der Waals surface area contributed by atoms with Gasteiger partial charge in [0.25, 0.3) is 0 Å². The summed E-state index contributed by atoms with van der Waals surface area (Å²) in [5, 5.41) is 10.7. The first kappa shape index (κ1) is 11.9. The topological polar surface area (TPSA) is 85.9 Å². The molecule has 1 aliphatic carbocycles. The average molecular weight is 235 g/mol. The summed E-state index contributed by atoms with van der Waals surface area (Å²) < 4.78 is 5.51. The fourth-order valence-corrected chi connectivity index (χ4v) is 2.96. The van der Waals surface area contributed by atoms with Crippen LogP contribution >= 0.6 is 0 Å². The third-order valence-electron chi connectivity index (χ3n) is 3.60. The second kappa shape index (κ2) is 4.37. The summed E-state index contributed by atoms with van der Waals surface area (Å²) in [5.41, 5.74) is 3.77. The number of aliphatic carboxylic acids is 1. The summed E-state index contributed by atoms with van der Waals surface area (Å²) >= 11 is 0. The quantitative estimate of drug-likeness (QED) is 0.834. The fraction of sp³-hybridized carbons (Fsp3) is 0.462. The van der Waals surface area contributed by atoms with Crippen molar-refractivity contribution < 1.29 is 14.6 Å². The van der Waals surface area contributed by atoms with Crippen LogP contribution in [0.4, 0.5) is 0 Å². The molecule has 4 N–H and O–H groups in total. The third-order valence-corrected chi connectivity index (χ3v) is 3.60. The van der Waals surface area contributed by atoms with Crippen molar-refractivity contribution in [3.05, 3.63) is 28.8 Å². The largest absolute Gasteiger partial charge is 0.550 e. The van der Waals surface area contributed by atoms with Crippen molar-refractivity contribution >= 4 is 5.97 Å². The molecule has 1 aliphatic heterocycles. The van der Waals surface area contributed by atoms with Crippen LogP contribution in [0.3, 0.4) is 0 Å². The van der Waals surface area contributed by atoms with Crippen molar-refractivity contribution in [2.24, 2.45) is 0 Å². The second-order valence-corrected chi connectivity index (χ2v) is 4.53. The normalized spacial score (nSPS) is 20.1. The van der Waals surface area contributed by atoms with Gasteiger partial charge in [-0.3, -0.25) is 0 Å². The standard InChI is InChI=1S/C13H14O3.H3N/c14-12(15)7-9-2-1-8-3-4-11-10(13(8)9)5-6-16-11;/h3-4,9H,1-2,5-7H2,(H,14,15);1H3. The van der Waals surface area contributed by atoms with Gasteiger partial charge in [0.2, 0.25) is 0 Å². The molecule has 1 atom stereocenters. The van der Waals surface area contributed by atoms with Gasteiger partial charge in [0.15, 0.2) is 0 Å². The highest BCUT2D eigenvalue weighted by molar-refractivity contribution is 5.67. The Balaban J connectivity index is 0.00000108. The number of hydrogen-bond acceptors (Lipinski definition) is 3. The molecular weight excluding hydrogens is 218 g/mol. The van der Waals surface area contributed by atoms with Crippen LogP contribution in [0.2, 0.25) is 0 Å². The van der Waals surface area contributed by atoms with E-state index in [2.05, 4.69) is 6.07 Å². The van der Waals surface area contributed by atoms with Gasteiger partial charge in [-0.15, -0.1) is 0 Å². The van der Waals surface area contributed by atoms with Crippen LogP contribution in [0.25, 0.3) is 0 Å². The van der Waals surface area contributed by atoms with Crippen molar-refractivity contribution in [1.82, 2.24) is 6.15 Å². The maximum atomic E-state index is 10.7. The van der Waals surface area contributed by atoms with Crippen molar-refractivity contribution in [3.8, 4) is 5.75 Å². The zero-order valence-electron chi connectivity index (χ0n) is 9.99. The van der Waals surface area contributed by atoms with Crippen LogP contribution < -0.4 is 16.0 Å². The number of rotatable bonds is 2. The van der Waals surface area contributed by atoms with Crippen molar-refractivity contribution in [3.63, 3.8) is 0 Å². The zero-order valence-corrected chi connectivity index (χ0v) is 9.99. The molecule has 0 radical (unpaired) electrons. The van der Waals surface area contributed by atoms with Gasteiger partial charge in [0.05, 0.1) is 6.61 Å². The zero-order chi connectivity index (χ0) is 11.1. The molecule has 4 nitrogen and oxygen atoms in total. The van der Waals surface area contributed by atoms with Gasteiger partial charge >= 0.3 is 0 Å². The molecule has 4 heteroatoms. The summed E-state index contributed by atoms with van der Waals surface area (Å²) in [6, 6.07) is 4.09. The molecule has 3 rings (SSSR count). The minimum absolute atomic E-state index is 0. The molecule has 17 heavy (non-hydrogen) atoms. The van der Waals surface area contributed by atoms with Gasteiger partial charge < -0.3 is 20.8 Å². The molecule has 0 amide bonds. The number of aryl methyl sites for hydroxylation is 1. The van der Waals surface area contributed by atoms with E-state index in [-0.39, 0.29) is 18.5 Å². The Labute approximate surface area is 100 Å². The van der Waals surface area contributed by atoms with Gasteiger partial charge in [-0.2, -0.15) is 0 Å². The highest BCUT2D eigenvalue weighted by Crippen LogP contribution is 2.42. The highest BCUT2D eigenvalue weighted by Gasteiger charge is 2.29. The van der Waals surface area contributed by atoms with Gasteiger partial charge in [-0.1, -0.05) is 6.07 Å². The monoisotopic (exact) mass is 235 g/mol. The van der Waals surface area contributed by atoms with Gasteiger partial charge in [0.1, 0.15) is 5.75 Å². The van der Waals surface area contributed by atoms with Crippen LogP contribution in [0.1, 0.15) is 35.4 Å². The molecule has 0 saturated carbocycles. The van der Waals surface area contributed by atoms with Crippen LogP contribution in [0.15, 0.2) is 12.1 Å². The van der Waals surface area contributed by atoms with E-state index in [1.807, 2.05) is 6.07 Å². The van der Waals surface area contributed by atoms with E-state index in [0.717, 1.165) is 31.6 Å². The van der Waals surface area contributed by atoms with Crippen LogP contribution in [-0.2, 0) is 17.6 Å². The molecule has 92 valence electrons. The molecule has 1 heterocycles. The third kappa shape index (κ3) is 1.89. The van der Waals surface area contributed by atoms with Gasteiger partial charge in [0, 0.05) is 18.0 Å². The maximum absolute atomic E-state index is 10.7. The molecule has 1 aromatic carbocycles. The van der Waals surface area contributed by atoms with E-state index >= 15 is 0 Å². The van der Waals surface area contributed by atoms with Crippen LogP contribution in [0, 0.1) is 0 Å². The molecule has 0 bridgehead atoms. The van der Waals surface area contributed by atoms with Crippen LogP contribution in [0.5, 0.6) is 5.75 Å². The SMILES string of the molecule is O=C([O-])CC1CCc2ccc3c(c21)CCO3.[NH4+]. The number of hydrogen-bond donors (Lipinski definition) is 1. The Morgan fingerprint density at radius 2 is 2.24 bits per heavy atom. The maximum Gasteiger partial charge on any atom is 0.122 e. The molecule has 1 aromatic rings. The smallest absolute Gasteiger partial charge is 0.122 e. The van der Waals surface area contributed by atoms with E-state index < -0.39 is 5.97 Å². The Hall–Kier alpha value is -1.55. The van der Waals surface area contributed by atoms with Crippen molar-refractivity contribution in [2.75, 3.05) is 6.61 Å². The van der Waals surface area contributed by atoms with Gasteiger partial charge in [-0.05, 0) is 42.4 Å². The number of ether oxygens (including phenoxy) is 1. The number of carboxylic acid groups (broad SMARTS) is 1. The number of quaternary nitrogens is 1. The lowest BCUT2D eigenvalue weighted by Crippen LogP contribution is -2.24. The molecule has 0 spiro atoms. The molecule has 0 aromatic heterocycles. The number of carboxylic acids is 1. The second-order valence-electron chi connectivity index (χ2n) is 4.53. The predicted octanol–water partition coefficient (Wildman–Crippen LogP) is 1.17. The molecule has 0 fully saturated rings. The van der Waals surface area contributed by atoms with E-state index in [1.165, 1.54) is 16.7 Å². The Bertz CT molecular complexity index is 456. The molecule has 1 unspecified atom stereocenters. The van der Waals surface area contributed by atoms with Crippen molar-refractivity contribution in [1.29, 1.82) is 0 Å². The number of carbonyl (C=O) groups excluding carboxylic acids is 1. The van der Waals surface area contributed by atoms with Crippen molar-refractivity contribution in [2.45, 2.75) is 31.6 Å². The Morgan fingerprint density at radius 3 is 3.00 bits per heavy atom. The lowest BCUT2D eigenvalue weighted by Gasteiger charge is -2.15. The molecule has 2 aliphatic rings. The summed E-state index contributed by atoms with van der Waals surface area (Å²) in [6.45, 7) is 0.726. The lowest BCUT2D eigenvalue weighted by molar-refractivity contribution is -0.306. The number of carbonyl (C=O) groups is 1. The summed E-state index contributed by atoms with van der Waals surface area (Å²) in [7, 11) is 0. The number of benzene rings is 1. The first-order valence-electron chi connectivity index (χ1n) is 5.73. The van der Waals surface area contributed by atoms with E-state index in [0.29, 0.717) is 0 Å². The Morgan fingerprint density at radius 1 is 1.41 bits per heavy atom. The first-order chi connectivity index (χ1) is 7.75. The molecular formula is C13H17NO3. The highest BCUT2D eigenvalue weighted by atomic mass is 16.5. The fourth-order valence-electron chi connectivity index (χ4n) is 2.96. The summed E-state index contributed by atoms with van der Waals surface area (Å²) in [4.78, 5) is 10.7. The van der Waals surface area contributed by atoms with E-state index in [1.54, 1.807) is 0 Å². The summed E-state index contributed by atoms with van der Waals surface area (Å²) in [5.74, 6) is 0.134. The molecule has 0 saturated heterocycles. The average Bonchev–Trinajstić information content (AvgIpc) is 2.82. The Kier molecular flexibility index (Phi) is 3.07. The van der Waals surface area contributed by atoms with Crippen LogP contribution in [-0.4, -0.2) is 12.6 Å². The van der Waals surface area contributed by atoms with E-state index in [9.17, 15) is 9.90 Å².